The number of esters is 1. The van der Waals surface area contributed by atoms with Crippen LogP contribution in [0, 0.1) is 0 Å². The molecule has 0 aromatic heterocycles. The fourth-order valence-electron chi connectivity index (χ4n) is 2.39. The number of hydrogen-bond donors (Lipinski definition) is 2. The molecule has 12 nitrogen and oxygen atoms in total. The van der Waals surface area contributed by atoms with Gasteiger partial charge in [-0.2, -0.15) is 0 Å². The highest BCUT2D eigenvalue weighted by Crippen LogP contribution is 2.08. The van der Waals surface area contributed by atoms with Gasteiger partial charge in [0, 0.05) is 26.2 Å². The fourth-order valence-corrected chi connectivity index (χ4v) is 2.39. The van der Waals surface area contributed by atoms with E-state index in [-0.39, 0.29) is 59.0 Å². The van der Waals surface area contributed by atoms with E-state index in [2.05, 4.69) is 0 Å². The van der Waals surface area contributed by atoms with E-state index in [1.165, 1.54) is 10.1 Å². The molecule has 0 unspecified atom stereocenters. The summed E-state index contributed by atoms with van der Waals surface area (Å²) in [6.45, 7) is 6.91. The Labute approximate surface area is 163 Å². The molecule has 0 aromatic carbocycles. The molecule has 1 saturated heterocycles. The van der Waals surface area contributed by atoms with Gasteiger partial charge in [-0.05, 0) is 20.8 Å². The second kappa shape index (κ2) is 11.6. The van der Waals surface area contributed by atoms with Crippen molar-refractivity contribution in [2.24, 2.45) is 0 Å². The van der Waals surface area contributed by atoms with Crippen LogP contribution in [0.4, 0.5) is 9.59 Å². The number of rotatable bonds is 4. The summed E-state index contributed by atoms with van der Waals surface area (Å²) in [5, 5.41) is 20.1. The Morgan fingerprint density at radius 1 is 0.857 bits per heavy atom. The van der Waals surface area contributed by atoms with Crippen LogP contribution < -0.4 is 0 Å². The molecule has 1 rings (SSSR count). The van der Waals surface area contributed by atoms with Gasteiger partial charge in [0.2, 0.25) is 0 Å². The zero-order valence-electron chi connectivity index (χ0n) is 16.5. The molecule has 2 N–H and O–H groups in total. The Bertz CT molecular complexity index is 494. The van der Waals surface area contributed by atoms with Crippen LogP contribution in [0.15, 0.2) is 0 Å². The first kappa shape index (κ1) is 23.9. The Morgan fingerprint density at radius 2 is 1.32 bits per heavy atom. The number of hydroxylamine groups is 4. The van der Waals surface area contributed by atoms with Crippen LogP contribution in [0.5, 0.6) is 0 Å². The highest BCUT2D eigenvalue weighted by molar-refractivity contribution is 5.72. The van der Waals surface area contributed by atoms with Gasteiger partial charge in [0.15, 0.2) is 0 Å². The van der Waals surface area contributed by atoms with E-state index < -0.39 is 23.9 Å². The van der Waals surface area contributed by atoms with E-state index in [9.17, 15) is 14.4 Å². The minimum atomic E-state index is -1.44. The van der Waals surface area contributed by atoms with Crippen molar-refractivity contribution in [3.8, 4) is 0 Å². The molecule has 1 fully saturated rings. The number of hydrogen-bond acceptors (Lipinski definition) is 10. The maximum absolute atomic E-state index is 12.2. The first-order chi connectivity index (χ1) is 13.0. The zero-order chi connectivity index (χ0) is 21.2. The van der Waals surface area contributed by atoms with Gasteiger partial charge in [0.05, 0.1) is 32.8 Å². The Balaban J connectivity index is 2.78. The third-order valence-corrected chi connectivity index (χ3v) is 3.49. The van der Waals surface area contributed by atoms with Crippen molar-refractivity contribution < 1.29 is 43.7 Å². The Hall–Kier alpha value is -2.15. The van der Waals surface area contributed by atoms with Gasteiger partial charge in [-0.3, -0.25) is 9.69 Å². The second-order valence-electron chi connectivity index (χ2n) is 7.05. The topological polar surface area (TPSA) is 138 Å². The third-order valence-electron chi connectivity index (χ3n) is 3.49. The molecule has 12 heteroatoms. The van der Waals surface area contributed by atoms with E-state index in [4.69, 9.17) is 29.4 Å². The molecule has 28 heavy (non-hydrogen) atoms. The number of ether oxygens (including phenoxy) is 2. The molecule has 0 spiro atoms. The molecular weight excluding hydrogens is 378 g/mol. The summed E-state index contributed by atoms with van der Waals surface area (Å²) in [5.41, 5.74) is -0.641. The number of nitrogens with zero attached hydrogens (tertiary/aromatic N) is 3. The van der Waals surface area contributed by atoms with Gasteiger partial charge in [-0.1, -0.05) is 0 Å². The van der Waals surface area contributed by atoms with Crippen LogP contribution in [-0.2, 0) is 23.9 Å². The van der Waals surface area contributed by atoms with Gasteiger partial charge >= 0.3 is 18.3 Å². The van der Waals surface area contributed by atoms with Crippen LogP contribution >= 0.6 is 0 Å². The predicted octanol–water partition coefficient (Wildman–Crippen LogP) is 0.484. The zero-order valence-corrected chi connectivity index (χ0v) is 16.5. The average molecular weight is 407 g/mol. The lowest BCUT2D eigenvalue weighted by Gasteiger charge is -2.29. The maximum Gasteiger partial charge on any atom is 0.525 e. The summed E-state index contributed by atoms with van der Waals surface area (Å²) >= 11 is 0. The second-order valence-corrected chi connectivity index (χ2v) is 7.05. The smallest absolute Gasteiger partial charge is 0.459 e. The van der Waals surface area contributed by atoms with Crippen molar-refractivity contribution in [2.45, 2.75) is 26.4 Å². The van der Waals surface area contributed by atoms with Gasteiger partial charge in [0.1, 0.15) is 5.60 Å². The average Bonchev–Trinajstić information content (AvgIpc) is 2.52. The maximum atomic E-state index is 12.2. The Morgan fingerprint density at radius 3 is 1.71 bits per heavy atom. The molecule has 162 valence electrons. The molecule has 0 atom stereocenters. The van der Waals surface area contributed by atoms with Gasteiger partial charge < -0.3 is 29.4 Å². The fraction of sp³-hybridized carbons (Fsp3) is 0.812. The van der Waals surface area contributed by atoms with Crippen LogP contribution in [-0.4, -0.2) is 108 Å². The number of carboxylic acid groups (broad SMARTS) is 2. The highest BCUT2D eigenvalue weighted by atomic mass is 16.8. The quantitative estimate of drug-likeness (QED) is 0.627. The SMILES string of the molecule is CC(C)(C)OC(=O)CN1CCN(OC(=O)O)CCOCCN(OC(=O)O)CC1. The molecule has 0 aliphatic carbocycles. The monoisotopic (exact) mass is 407 g/mol. The van der Waals surface area contributed by atoms with E-state index in [1.54, 1.807) is 25.7 Å². The predicted molar refractivity (Wildman–Crippen MR) is 94.5 cm³/mol. The molecule has 0 aromatic rings. The van der Waals surface area contributed by atoms with Crippen LogP contribution in [0.3, 0.4) is 0 Å². The lowest BCUT2D eigenvalue weighted by Crippen LogP contribution is -2.45. The third kappa shape index (κ3) is 11.5. The summed E-state index contributed by atoms with van der Waals surface area (Å²) in [7, 11) is 0. The van der Waals surface area contributed by atoms with Crippen LogP contribution in [0.1, 0.15) is 20.8 Å². The standard InChI is InChI=1S/C16H29N3O9/c1-16(2,3)26-13(20)12-17-4-6-18(27-14(21)22)8-10-25-11-9-19(7-5-17)28-15(23)24/h4-12H2,1-3H3,(H,21,22)(H,23,24). The van der Waals surface area contributed by atoms with Crippen molar-refractivity contribution in [1.82, 2.24) is 15.0 Å². The van der Waals surface area contributed by atoms with Crippen LogP contribution in [0.2, 0.25) is 0 Å². The summed E-state index contributed by atoms with van der Waals surface area (Å²) in [6.07, 6.45) is -2.88. The van der Waals surface area contributed by atoms with Crippen molar-refractivity contribution in [3.63, 3.8) is 0 Å². The first-order valence-electron chi connectivity index (χ1n) is 8.89. The molecule has 0 radical (unpaired) electrons. The lowest BCUT2D eigenvalue weighted by atomic mass is 10.2. The largest absolute Gasteiger partial charge is 0.525 e. The van der Waals surface area contributed by atoms with Crippen molar-refractivity contribution >= 4 is 18.3 Å². The van der Waals surface area contributed by atoms with Crippen molar-refractivity contribution in [1.29, 1.82) is 0 Å². The minimum Gasteiger partial charge on any atom is -0.459 e. The molecule has 1 aliphatic heterocycles. The normalized spacial score (nSPS) is 19.1. The van der Waals surface area contributed by atoms with Crippen molar-refractivity contribution in [3.05, 3.63) is 0 Å². The molecule has 0 saturated carbocycles. The summed E-state index contributed by atoms with van der Waals surface area (Å²) in [4.78, 5) is 45.0. The van der Waals surface area contributed by atoms with Gasteiger partial charge in [-0.15, -0.1) is 10.1 Å². The van der Waals surface area contributed by atoms with E-state index in [0.717, 1.165) is 0 Å². The minimum absolute atomic E-state index is 0.0460. The number of carbonyl (C=O) groups is 3. The summed E-state index contributed by atoms with van der Waals surface area (Å²) in [6, 6.07) is 0. The molecule has 1 aliphatic rings. The van der Waals surface area contributed by atoms with E-state index >= 15 is 0 Å². The summed E-state index contributed by atoms with van der Waals surface area (Å²) in [5.74, 6) is -0.445. The first-order valence-corrected chi connectivity index (χ1v) is 8.89. The van der Waals surface area contributed by atoms with Gasteiger partial charge in [-0.25, -0.2) is 9.59 Å². The summed E-state index contributed by atoms with van der Waals surface area (Å²) < 4.78 is 10.7. The number of carbonyl (C=O) groups excluding carboxylic acids is 1. The highest BCUT2D eigenvalue weighted by Gasteiger charge is 2.22. The van der Waals surface area contributed by atoms with E-state index in [0.29, 0.717) is 0 Å². The van der Waals surface area contributed by atoms with Gasteiger partial charge in [0.25, 0.3) is 0 Å². The van der Waals surface area contributed by atoms with Crippen LogP contribution in [0.25, 0.3) is 0 Å². The molecule has 0 amide bonds. The molecular formula is C16H29N3O9. The van der Waals surface area contributed by atoms with Crippen molar-refractivity contribution in [2.75, 3.05) is 59.0 Å². The lowest BCUT2D eigenvalue weighted by molar-refractivity contribution is -0.161. The Kier molecular flexibility index (Phi) is 9.93. The molecule has 1 heterocycles. The van der Waals surface area contributed by atoms with E-state index in [1.807, 2.05) is 0 Å². The molecule has 0 bridgehead atoms.